The molecule has 0 radical (unpaired) electrons. The van der Waals surface area contributed by atoms with E-state index in [1.807, 2.05) is 45.0 Å². The number of nitrogens with one attached hydrogen (secondary N) is 1. The molecule has 2 aromatic carbocycles. The molecule has 1 aliphatic rings. The summed E-state index contributed by atoms with van der Waals surface area (Å²) in [4.78, 5) is 14.1. The van der Waals surface area contributed by atoms with Crippen molar-refractivity contribution >= 4 is 21.6 Å². The highest BCUT2D eigenvalue weighted by atomic mass is 32.2. The van der Waals surface area contributed by atoms with Gasteiger partial charge in [-0.25, -0.2) is 13.1 Å². The minimum absolute atomic E-state index is 0.0657. The Morgan fingerprint density at radius 3 is 2.59 bits per heavy atom. The summed E-state index contributed by atoms with van der Waals surface area (Å²) < 4.78 is 33.1. The van der Waals surface area contributed by atoms with Crippen molar-refractivity contribution in [2.45, 2.75) is 31.8 Å². The topological polar surface area (TPSA) is 75.7 Å². The summed E-state index contributed by atoms with van der Waals surface area (Å²) in [6.07, 6.45) is -0.413. The van der Waals surface area contributed by atoms with Crippen LogP contribution in [-0.2, 0) is 19.6 Å². The van der Waals surface area contributed by atoms with Crippen molar-refractivity contribution in [3.05, 3.63) is 59.2 Å². The molecule has 144 valence electrons. The van der Waals surface area contributed by atoms with Gasteiger partial charge in [-0.3, -0.25) is 4.79 Å². The number of hydrogen-bond acceptors (Lipinski definition) is 4. The largest absolute Gasteiger partial charge is 0.365 e. The Hall–Kier alpha value is -2.22. The first-order valence-electron chi connectivity index (χ1n) is 8.82. The Morgan fingerprint density at radius 2 is 1.89 bits per heavy atom. The molecular weight excluding hydrogens is 364 g/mol. The lowest BCUT2D eigenvalue weighted by Crippen LogP contribution is -2.50. The molecule has 1 saturated heterocycles. The van der Waals surface area contributed by atoms with Gasteiger partial charge >= 0.3 is 0 Å². The Kier molecular flexibility index (Phi) is 5.64. The van der Waals surface area contributed by atoms with Gasteiger partial charge in [-0.15, -0.1) is 0 Å². The number of hydrogen-bond donors (Lipinski definition) is 1. The van der Waals surface area contributed by atoms with Crippen LogP contribution in [-0.4, -0.2) is 40.1 Å². The first kappa shape index (κ1) is 19.5. The van der Waals surface area contributed by atoms with Crippen LogP contribution in [0.2, 0.25) is 0 Å². The summed E-state index contributed by atoms with van der Waals surface area (Å²) in [7, 11) is -3.62. The Morgan fingerprint density at radius 1 is 1.11 bits per heavy atom. The number of sulfonamides is 1. The second-order valence-corrected chi connectivity index (χ2v) is 8.64. The van der Waals surface area contributed by atoms with Crippen LogP contribution >= 0.6 is 0 Å². The van der Waals surface area contributed by atoms with E-state index in [4.69, 9.17) is 4.74 Å². The van der Waals surface area contributed by atoms with E-state index in [0.717, 1.165) is 22.4 Å². The summed E-state index contributed by atoms with van der Waals surface area (Å²) >= 11 is 0. The van der Waals surface area contributed by atoms with Gasteiger partial charge < -0.3 is 9.64 Å². The number of morpholine rings is 1. The van der Waals surface area contributed by atoms with Crippen molar-refractivity contribution in [2.24, 2.45) is 0 Å². The van der Waals surface area contributed by atoms with Gasteiger partial charge in [0.15, 0.2) is 0 Å². The third-order valence-corrected chi connectivity index (χ3v) is 6.15. The molecule has 6 nitrogen and oxygen atoms in total. The molecular formula is C20H24N2O4S. The number of anilines is 1. The quantitative estimate of drug-likeness (QED) is 0.853. The van der Waals surface area contributed by atoms with Crippen LogP contribution in [0.25, 0.3) is 0 Å². The number of carbonyl (C=O) groups excluding carboxylic acids is 1. The number of amides is 1. The Balaban J connectivity index is 1.69. The normalized spacial score (nSPS) is 18.0. The molecule has 0 bridgehead atoms. The van der Waals surface area contributed by atoms with E-state index in [0.29, 0.717) is 6.54 Å². The average molecular weight is 388 g/mol. The predicted octanol–water partition coefficient (Wildman–Crippen LogP) is 2.32. The smallest absolute Gasteiger partial charge is 0.253 e. The molecule has 1 aliphatic heterocycles. The third kappa shape index (κ3) is 4.55. The molecule has 27 heavy (non-hydrogen) atoms. The lowest BCUT2D eigenvalue weighted by molar-refractivity contribution is -0.129. The number of aryl methyl sites for hydroxylation is 3. The maximum Gasteiger partial charge on any atom is 0.253 e. The van der Waals surface area contributed by atoms with E-state index in [-0.39, 0.29) is 24.0 Å². The van der Waals surface area contributed by atoms with Crippen molar-refractivity contribution in [1.29, 1.82) is 0 Å². The molecule has 1 atom stereocenters. The van der Waals surface area contributed by atoms with Crippen molar-refractivity contribution in [2.75, 3.05) is 24.6 Å². The van der Waals surface area contributed by atoms with Gasteiger partial charge in [0.25, 0.3) is 5.91 Å². The Labute approximate surface area is 160 Å². The van der Waals surface area contributed by atoms with Crippen LogP contribution in [0.5, 0.6) is 0 Å². The van der Waals surface area contributed by atoms with Gasteiger partial charge in [0, 0.05) is 12.2 Å². The number of rotatable bonds is 5. The lowest BCUT2D eigenvalue weighted by atomic mass is 10.1. The maximum absolute atomic E-state index is 12.5. The number of carbonyl (C=O) groups is 1. The second-order valence-electron chi connectivity index (χ2n) is 6.87. The van der Waals surface area contributed by atoms with Crippen LogP contribution in [0.1, 0.15) is 16.7 Å². The number of nitrogens with zero attached hydrogens (tertiary/aromatic N) is 1. The third-order valence-electron chi connectivity index (χ3n) is 4.73. The molecule has 1 amide bonds. The summed E-state index contributed by atoms with van der Waals surface area (Å²) in [5.41, 5.74) is 3.93. The summed E-state index contributed by atoms with van der Waals surface area (Å²) in [6.45, 7) is 6.20. The molecule has 1 N–H and O–H groups in total. The first-order chi connectivity index (χ1) is 12.8. The fraction of sp³-hybridized carbons (Fsp3) is 0.350. The van der Waals surface area contributed by atoms with Crippen molar-refractivity contribution < 1.29 is 17.9 Å². The van der Waals surface area contributed by atoms with E-state index >= 15 is 0 Å². The van der Waals surface area contributed by atoms with Crippen molar-refractivity contribution in [3.63, 3.8) is 0 Å². The molecule has 1 heterocycles. The van der Waals surface area contributed by atoms with Crippen LogP contribution in [0, 0.1) is 20.8 Å². The highest BCUT2D eigenvalue weighted by Gasteiger charge is 2.28. The Bertz CT molecular complexity index is 956. The molecule has 0 saturated carbocycles. The van der Waals surface area contributed by atoms with E-state index < -0.39 is 16.1 Å². The fourth-order valence-corrected chi connectivity index (χ4v) is 4.13. The van der Waals surface area contributed by atoms with E-state index in [2.05, 4.69) is 4.72 Å². The van der Waals surface area contributed by atoms with Gasteiger partial charge in [0.2, 0.25) is 10.0 Å². The van der Waals surface area contributed by atoms with Gasteiger partial charge in [0.1, 0.15) is 6.61 Å². The summed E-state index contributed by atoms with van der Waals surface area (Å²) in [5, 5.41) is 0. The summed E-state index contributed by atoms with van der Waals surface area (Å²) in [5.74, 6) is -0.129. The average Bonchev–Trinajstić information content (AvgIpc) is 2.63. The minimum atomic E-state index is -3.62. The fourth-order valence-electron chi connectivity index (χ4n) is 2.96. The van der Waals surface area contributed by atoms with Crippen molar-refractivity contribution in [1.82, 2.24) is 4.72 Å². The lowest BCUT2D eigenvalue weighted by Gasteiger charge is -2.33. The van der Waals surface area contributed by atoms with Crippen molar-refractivity contribution in [3.8, 4) is 0 Å². The van der Waals surface area contributed by atoms with Gasteiger partial charge in [-0.2, -0.15) is 0 Å². The molecule has 1 fully saturated rings. The molecule has 1 unspecified atom stereocenters. The molecule has 2 aromatic rings. The SMILES string of the molecule is Cc1cccc(S(=O)(=O)NCC2CN(c3ccc(C)c(C)c3)C(=O)CO2)c1. The molecule has 7 heteroatoms. The molecule has 0 aliphatic carbocycles. The van der Waals surface area contributed by atoms with Gasteiger partial charge in [-0.05, 0) is 61.7 Å². The maximum atomic E-state index is 12.5. The van der Waals surface area contributed by atoms with Gasteiger partial charge in [0.05, 0.1) is 17.5 Å². The van der Waals surface area contributed by atoms with Crippen LogP contribution in [0.4, 0.5) is 5.69 Å². The highest BCUT2D eigenvalue weighted by Crippen LogP contribution is 2.22. The minimum Gasteiger partial charge on any atom is -0.365 e. The standard InChI is InChI=1S/C20H24N2O4S/c1-14-5-4-6-19(9-14)27(24,25)21-11-18-12-22(20(23)13-26-18)17-8-7-15(2)16(3)10-17/h4-10,18,21H,11-13H2,1-3H3. The van der Waals surface area contributed by atoms with E-state index in [1.165, 1.54) is 0 Å². The molecule has 0 spiro atoms. The summed E-state index contributed by atoms with van der Waals surface area (Å²) in [6, 6.07) is 12.6. The zero-order valence-corrected chi connectivity index (χ0v) is 16.5. The number of benzene rings is 2. The van der Waals surface area contributed by atoms with Crippen LogP contribution in [0.15, 0.2) is 47.4 Å². The number of ether oxygens (including phenoxy) is 1. The van der Waals surface area contributed by atoms with E-state index in [9.17, 15) is 13.2 Å². The second kappa shape index (κ2) is 7.80. The van der Waals surface area contributed by atoms with Crippen LogP contribution in [0.3, 0.4) is 0 Å². The molecule has 3 rings (SSSR count). The van der Waals surface area contributed by atoms with E-state index in [1.54, 1.807) is 23.1 Å². The predicted molar refractivity (Wildman–Crippen MR) is 104 cm³/mol. The van der Waals surface area contributed by atoms with Crippen LogP contribution < -0.4 is 9.62 Å². The zero-order valence-electron chi connectivity index (χ0n) is 15.7. The first-order valence-corrected chi connectivity index (χ1v) is 10.3. The van der Waals surface area contributed by atoms with Gasteiger partial charge in [-0.1, -0.05) is 18.2 Å². The monoisotopic (exact) mass is 388 g/mol. The molecule has 0 aromatic heterocycles. The highest BCUT2D eigenvalue weighted by molar-refractivity contribution is 7.89. The zero-order chi connectivity index (χ0) is 19.6.